The Morgan fingerprint density at radius 2 is 1.00 bits per heavy atom. The van der Waals surface area contributed by atoms with Gasteiger partial charge >= 0.3 is 12.3 Å². The van der Waals surface area contributed by atoms with Crippen molar-refractivity contribution < 1.29 is 28.5 Å². The lowest BCUT2D eigenvalue weighted by Gasteiger charge is -2.17. The second-order valence-corrected chi connectivity index (χ2v) is 10.6. The smallest absolute Gasteiger partial charge is 0.420 e. The van der Waals surface area contributed by atoms with Crippen LogP contribution in [0.15, 0.2) is 48.5 Å². The summed E-state index contributed by atoms with van der Waals surface area (Å²) in [5.74, 6) is 0.733. The molecule has 0 aliphatic heterocycles. The number of unbranched alkanes of at least 4 members (excludes halogenated alkanes) is 2. The van der Waals surface area contributed by atoms with Gasteiger partial charge in [-0.25, -0.2) is 9.59 Å². The van der Waals surface area contributed by atoms with Crippen LogP contribution in [0.1, 0.15) is 52.4 Å². The average Bonchev–Trinajstić information content (AvgIpc) is 2.83. The lowest BCUT2D eigenvalue weighted by Crippen LogP contribution is -2.17. The summed E-state index contributed by atoms with van der Waals surface area (Å²) in [6.07, 6.45) is 3.97. The highest BCUT2D eigenvalue weighted by atomic mass is 127. The van der Waals surface area contributed by atoms with Crippen molar-refractivity contribution in [2.24, 2.45) is 0 Å². The maximum absolute atomic E-state index is 12.6. The molecule has 3 aromatic rings. The molecule has 0 amide bonds. The van der Waals surface area contributed by atoms with Crippen molar-refractivity contribution >= 4 is 79.0 Å². The van der Waals surface area contributed by atoms with Crippen molar-refractivity contribution in [2.45, 2.75) is 60.6 Å². The van der Waals surface area contributed by atoms with E-state index in [1.165, 1.54) is 0 Å². The predicted octanol–water partition coefficient (Wildman–Crippen LogP) is 8.93. The maximum atomic E-state index is 12.6. The Bertz CT molecular complexity index is 988. The fraction of sp³-hybridized carbons (Fsp3) is 0.385. The molecule has 0 aliphatic carbocycles. The van der Waals surface area contributed by atoms with Crippen molar-refractivity contribution in [3.8, 4) is 11.5 Å². The minimum Gasteiger partial charge on any atom is -0.420 e. The first-order valence-electron chi connectivity index (χ1n) is 11.4. The number of halogens is 2. The molecule has 6 nitrogen and oxygen atoms in total. The number of benzene rings is 3. The number of rotatable bonds is 10. The summed E-state index contributed by atoms with van der Waals surface area (Å²) in [7, 11) is 0. The zero-order valence-corrected chi connectivity index (χ0v) is 23.5. The summed E-state index contributed by atoms with van der Waals surface area (Å²) in [4.78, 5) is 25.2. The third-order valence-electron chi connectivity index (χ3n) is 5.22. The normalized spacial score (nSPS) is 12.8. The van der Waals surface area contributed by atoms with E-state index in [4.69, 9.17) is 18.9 Å². The Morgan fingerprint density at radius 1 is 0.676 bits per heavy atom. The quantitative estimate of drug-likeness (QED) is 0.0696. The lowest BCUT2D eigenvalue weighted by atomic mass is 10.0. The molecule has 0 aromatic heterocycles. The van der Waals surface area contributed by atoms with Gasteiger partial charge in [-0.05, 0) is 70.9 Å². The molecule has 0 bridgehead atoms. The molecule has 8 heteroatoms. The monoisotopic (exact) mass is 690 g/mol. The first-order chi connectivity index (χ1) is 16.4. The largest absolute Gasteiger partial charge is 0.514 e. The number of hydrogen-bond acceptors (Lipinski definition) is 6. The Morgan fingerprint density at radius 3 is 1.29 bits per heavy atom. The van der Waals surface area contributed by atoms with Gasteiger partial charge in [0.15, 0.2) is 8.22 Å². The molecule has 0 spiro atoms. The summed E-state index contributed by atoms with van der Waals surface area (Å²) >= 11 is 4.20. The first-order valence-corrected chi connectivity index (χ1v) is 13.9. The van der Waals surface area contributed by atoms with E-state index in [9.17, 15) is 9.59 Å². The van der Waals surface area contributed by atoms with Gasteiger partial charge in [0.2, 0.25) is 0 Å². The minimum atomic E-state index is -0.762. The van der Waals surface area contributed by atoms with Gasteiger partial charge in [0.05, 0.1) is 0 Å². The van der Waals surface area contributed by atoms with Gasteiger partial charge in [0.1, 0.15) is 11.5 Å². The molecule has 0 fully saturated rings. The second-order valence-electron chi connectivity index (χ2n) is 7.79. The number of carbonyl (C=O) groups is 2. The maximum Gasteiger partial charge on any atom is 0.514 e. The number of fused-ring (bicyclic) bond motifs is 2. The molecule has 2 unspecified atom stereocenters. The molecule has 34 heavy (non-hydrogen) atoms. The van der Waals surface area contributed by atoms with Crippen molar-refractivity contribution in [1.29, 1.82) is 0 Å². The van der Waals surface area contributed by atoms with E-state index < -0.39 is 12.3 Å². The molecule has 0 N–H and O–H groups in total. The average molecular weight is 690 g/mol. The summed E-state index contributed by atoms with van der Waals surface area (Å²) in [5.41, 5.74) is 0. The Kier molecular flexibility index (Phi) is 10.5. The van der Waals surface area contributed by atoms with Crippen molar-refractivity contribution in [2.75, 3.05) is 0 Å². The van der Waals surface area contributed by atoms with Crippen LogP contribution in [-0.2, 0) is 9.47 Å². The summed E-state index contributed by atoms with van der Waals surface area (Å²) in [6, 6.07) is 14.6. The van der Waals surface area contributed by atoms with E-state index in [-0.39, 0.29) is 8.22 Å². The topological polar surface area (TPSA) is 71.1 Å². The van der Waals surface area contributed by atoms with Crippen molar-refractivity contribution in [3.05, 3.63) is 48.5 Å². The van der Waals surface area contributed by atoms with Crippen LogP contribution in [0.25, 0.3) is 21.5 Å². The number of hydrogen-bond donors (Lipinski definition) is 0. The highest BCUT2D eigenvalue weighted by Gasteiger charge is 2.22. The fourth-order valence-corrected chi connectivity index (χ4v) is 4.83. The Labute approximate surface area is 226 Å². The van der Waals surface area contributed by atoms with Gasteiger partial charge < -0.3 is 18.9 Å². The first kappa shape index (κ1) is 26.8. The van der Waals surface area contributed by atoms with Crippen LogP contribution in [-0.4, -0.2) is 20.5 Å². The minimum absolute atomic E-state index is 0.270. The fourth-order valence-electron chi connectivity index (χ4n) is 3.54. The number of alkyl halides is 2. The van der Waals surface area contributed by atoms with Crippen molar-refractivity contribution in [1.82, 2.24) is 0 Å². The van der Waals surface area contributed by atoms with Crippen LogP contribution in [0, 0.1) is 0 Å². The molecular weight excluding hydrogens is 662 g/mol. The van der Waals surface area contributed by atoms with Gasteiger partial charge in [-0.1, -0.05) is 75.2 Å². The Hall–Kier alpha value is -1.82. The molecule has 3 rings (SSSR count). The van der Waals surface area contributed by atoms with Crippen LogP contribution in [0.2, 0.25) is 0 Å². The molecule has 2 atom stereocenters. The predicted molar refractivity (Wildman–Crippen MR) is 150 cm³/mol. The molecule has 182 valence electrons. The van der Waals surface area contributed by atoms with Gasteiger partial charge in [-0.3, -0.25) is 0 Å². The second kappa shape index (κ2) is 13.3. The van der Waals surface area contributed by atoms with E-state index >= 15 is 0 Å². The standard InChI is InChI=1S/C26H28I2O6/c1-3-5-15-21(27)31-25(29)33-23-17-11-7-9-13-19(17)24(20-14-10-8-12-18(20)23)34-26(30)32-22(28)16-6-4-2/h7-14,21-22H,3-6,15-16H2,1-2H3. The van der Waals surface area contributed by atoms with E-state index in [1.54, 1.807) is 0 Å². The zero-order chi connectivity index (χ0) is 24.5. The van der Waals surface area contributed by atoms with Crippen LogP contribution in [0.3, 0.4) is 0 Å². The highest BCUT2D eigenvalue weighted by molar-refractivity contribution is 14.1. The third kappa shape index (κ3) is 7.10. The molecule has 0 radical (unpaired) electrons. The van der Waals surface area contributed by atoms with Crippen molar-refractivity contribution in [3.63, 3.8) is 0 Å². The summed E-state index contributed by atoms with van der Waals surface area (Å²) < 4.78 is 21.8. The molecule has 0 aliphatic rings. The Balaban J connectivity index is 1.95. The number of ether oxygens (including phenoxy) is 4. The molecule has 3 aromatic carbocycles. The van der Waals surface area contributed by atoms with Crippen LogP contribution < -0.4 is 9.47 Å². The molecule has 0 saturated carbocycles. The SMILES string of the molecule is CCCCC(I)OC(=O)Oc1c2ccccc2c(OC(=O)OC(I)CCCC)c2ccccc12. The van der Waals surface area contributed by atoms with E-state index in [0.717, 1.165) is 38.5 Å². The lowest BCUT2D eigenvalue weighted by molar-refractivity contribution is 0.0906. The van der Waals surface area contributed by atoms with Gasteiger partial charge in [-0.15, -0.1) is 0 Å². The summed E-state index contributed by atoms with van der Waals surface area (Å²) in [5, 5.41) is 2.54. The molecule has 0 heterocycles. The van der Waals surface area contributed by atoms with Crippen LogP contribution >= 0.6 is 45.2 Å². The van der Waals surface area contributed by atoms with E-state index in [0.29, 0.717) is 33.0 Å². The van der Waals surface area contributed by atoms with Gasteiger partial charge in [0, 0.05) is 21.5 Å². The highest BCUT2D eigenvalue weighted by Crippen LogP contribution is 2.43. The van der Waals surface area contributed by atoms with Gasteiger partial charge in [0.25, 0.3) is 0 Å². The molecule has 0 saturated heterocycles. The molecular formula is C26H28I2O6. The number of carbonyl (C=O) groups excluding carboxylic acids is 2. The van der Waals surface area contributed by atoms with E-state index in [2.05, 4.69) is 59.0 Å². The zero-order valence-electron chi connectivity index (χ0n) is 19.2. The van der Waals surface area contributed by atoms with Gasteiger partial charge in [-0.2, -0.15) is 0 Å². The third-order valence-corrected chi connectivity index (χ3v) is 6.98. The summed E-state index contributed by atoms with van der Waals surface area (Å²) in [6.45, 7) is 4.18. The van der Waals surface area contributed by atoms with E-state index in [1.807, 2.05) is 48.5 Å². The van der Waals surface area contributed by atoms with Crippen LogP contribution in [0.4, 0.5) is 9.59 Å². The van der Waals surface area contributed by atoms with Crippen LogP contribution in [0.5, 0.6) is 11.5 Å².